The van der Waals surface area contributed by atoms with Gasteiger partial charge in [0.15, 0.2) is 0 Å². The number of non-ortho nitro benzene ring substituents is 1. The number of hydrazone groups is 1. The van der Waals surface area contributed by atoms with Gasteiger partial charge in [-0.15, -0.1) is 11.3 Å². The molecule has 0 saturated heterocycles. The van der Waals surface area contributed by atoms with E-state index in [4.69, 9.17) is 0 Å². The maximum absolute atomic E-state index is 10.7. The van der Waals surface area contributed by atoms with Crippen LogP contribution in [-0.2, 0) is 0 Å². The number of hydrogen-bond donors (Lipinski definition) is 2. The van der Waals surface area contributed by atoms with Gasteiger partial charge in [0.05, 0.1) is 16.3 Å². The lowest BCUT2D eigenvalue weighted by atomic mass is 10.1. The van der Waals surface area contributed by atoms with Crippen LogP contribution in [0.4, 0.5) is 10.8 Å². The minimum atomic E-state index is -0.434. The van der Waals surface area contributed by atoms with Gasteiger partial charge in [0, 0.05) is 28.6 Å². The zero-order chi connectivity index (χ0) is 17.8. The SMILES string of the molecule is C/C(=N\Nc1nc(-c2ccc([N+](=O)[O-])cc2)cs1)c1cccc(O)c1. The van der Waals surface area contributed by atoms with Crippen LogP contribution in [0.15, 0.2) is 59.0 Å². The molecule has 126 valence electrons. The van der Waals surface area contributed by atoms with Gasteiger partial charge in [-0.2, -0.15) is 5.10 Å². The number of thiazole rings is 1. The predicted octanol–water partition coefficient (Wildman–Crippen LogP) is 4.26. The van der Waals surface area contributed by atoms with E-state index in [9.17, 15) is 15.2 Å². The zero-order valence-corrected chi connectivity index (χ0v) is 14.0. The molecule has 7 nitrogen and oxygen atoms in total. The Kier molecular flexibility index (Phi) is 4.71. The molecule has 0 aliphatic heterocycles. The third kappa shape index (κ3) is 3.99. The number of benzene rings is 2. The summed E-state index contributed by atoms with van der Waals surface area (Å²) in [6, 6.07) is 13.1. The van der Waals surface area contributed by atoms with Crippen molar-refractivity contribution in [3.8, 4) is 17.0 Å². The molecule has 0 amide bonds. The Morgan fingerprint density at radius 2 is 2.04 bits per heavy atom. The number of anilines is 1. The van der Waals surface area contributed by atoms with Crippen LogP contribution in [-0.4, -0.2) is 20.7 Å². The van der Waals surface area contributed by atoms with E-state index in [1.54, 1.807) is 30.3 Å². The van der Waals surface area contributed by atoms with Crippen molar-refractivity contribution in [2.75, 3.05) is 5.43 Å². The van der Waals surface area contributed by atoms with Crippen LogP contribution in [0.5, 0.6) is 5.75 Å². The minimum Gasteiger partial charge on any atom is -0.508 e. The molecule has 0 aliphatic rings. The highest BCUT2D eigenvalue weighted by molar-refractivity contribution is 7.14. The summed E-state index contributed by atoms with van der Waals surface area (Å²) >= 11 is 1.38. The molecule has 0 unspecified atom stereocenters. The molecule has 0 aliphatic carbocycles. The smallest absolute Gasteiger partial charge is 0.269 e. The van der Waals surface area contributed by atoms with Crippen molar-refractivity contribution in [1.82, 2.24) is 4.98 Å². The molecular weight excluding hydrogens is 340 g/mol. The van der Waals surface area contributed by atoms with Crippen LogP contribution in [0, 0.1) is 10.1 Å². The quantitative estimate of drug-likeness (QED) is 0.405. The van der Waals surface area contributed by atoms with Crippen LogP contribution in [0.3, 0.4) is 0 Å². The highest BCUT2D eigenvalue weighted by atomic mass is 32.1. The van der Waals surface area contributed by atoms with Crippen molar-refractivity contribution in [3.63, 3.8) is 0 Å². The molecule has 0 saturated carbocycles. The van der Waals surface area contributed by atoms with Gasteiger partial charge in [0.1, 0.15) is 5.75 Å². The number of nitro benzene ring substituents is 1. The fourth-order valence-corrected chi connectivity index (χ4v) is 2.80. The first-order valence-corrected chi connectivity index (χ1v) is 8.21. The molecule has 1 heterocycles. The molecule has 0 radical (unpaired) electrons. The number of nitrogens with zero attached hydrogens (tertiary/aromatic N) is 3. The molecule has 25 heavy (non-hydrogen) atoms. The Hall–Kier alpha value is -3.26. The lowest BCUT2D eigenvalue weighted by Gasteiger charge is -2.02. The predicted molar refractivity (Wildman–Crippen MR) is 98.1 cm³/mol. The first-order valence-electron chi connectivity index (χ1n) is 7.33. The second-order valence-corrected chi connectivity index (χ2v) is 6.06. The summed E-state index contributed by atoms with van der Waals surface area (Å²) in [5, 5.41) is 26.9. The molecule has 0 spiro atoms. The van der Waals surface area contributed by atoms with Gasteiger partial charge in [-0.25, -0.2) is 4.98 Å². The third-order valence-corrected chi connectivity index (χ3v) is 4.21. The Morgan fingerprint density at radius 3 is 2.72 bits per heavy atom. The lowest BCUT2D eigenvalue weighted by Crippen LogP contribution is -1.99. The molecule has 3 rings (SSSR count). The van der Waals surface area contributed by atoms with Crippen molar-refractivity contribution in [2.45, 2.75) is 6.92 Å². The molecular formula is C17H14N4O3S. The number of nitrogens with one attached hydrogen (secondary N) is 1. The summed E-state index contributed by atoms with van der Waals surface area (Å²) in [5.41, 5.74) is 5.96. The van der Waals surface area contributed by atoms with E-state index >= 15 is 0 Å². The standard InChI is InChI=1S/C17H14N4O3S/c1-11(13-3-2-4-15(22)9-13)19-20-17-18-16(10-25-17)12-5-7-14(8-6-12)21(23)24/h2-10,22H,1H3,(H,18,20)/b19-11+. The molecule has 3 aromatic rings. The van der Waals surface area contributed by atoms with E-state index in [1.807, 2.05) is 18.4 Å². The minimum absolute atomic E-state index is 0.0451. The monoisotopic (exact) mass is 354 g/mol. The summed E-state index contributed by atoms with van der Waals surface area (Å²) < 4.78 is 0. The summed E-state index contributed by atoms with van der Waals surface area (Å²) in [7, 11) is 0. The Labute approximate surface area is 147 Å². The van der Waals surface area contributed by atoms with Crippen molar-refractivity contribution >= 4 is 27.9 Å². The Bertz CT molecular complexity index is 935. The van der Waals surface area contributed by atoms with Crippen LogP contribution in [0.1, 0.15) is 12.5 Å². The Morgan fingerprint density at radius 1 is 1.28 bits per heavy atom. The second-order valence-electron chi connectivity index (χ2n) is 5.20. The maximum atomic E-state index is 10.7. The molecule has 8 heteroatoms. The van der Waals surface area contributed by atoms with Gasteiger partial charge in [0.25, 0.3) is 5.69 Å². The number of nitro groups is 1. The summed E-state index contributed by atoms with van der Waals surface area (Å²) in [6.45, 7) is 1.83. The molecule has 2 N–H and O–H groups in total. The summed E-state index contributed by atoms with van der Waals surface area (Å²) in [6.07, 6.45) is 0. The second kappa shape index (κ2) is 7.10. The highest BCUT2D eigenvalue weighted by Crippen LogP contribution is 2.26. The normalized spacial score (nSPS) is 11.3. The van der Waals surface area contributed by atoms with Gasteiger partial charge in [-0.3, -0.25) is 15.5 Å². The third-order valence-electron chi connectivity index (χ3n) is 3.46. The van der Waals surface area contributed by atoms with Crippen molar-refractivity contribution in [2.24, 2.45) is 5.10 Å². The van der Waals surface area contributed by atoms with Crippen molar-refractivity contribution < 1.29 is 10.0 Å². The van der Waals surface area contributed by atoms with Gasteiger partial charge >= 0.3 is 0 Å². The molecule has 2 aromatic carbocycles. The van der Waals surface area contributed by atoms with E-state index in [2.05, 4.69) is 15.5 Å². The number of phenolic OH excluding ortho intramolecular Hbond substituents is 1. The first kappa shape index (κ1) is 16.6. The topological polar surface area (TPSA) is 101 Å². The maximum Gasteiger partial charge on any atom is 0.269 e. The van der Waals surface area contributed by atoms with E-state index in [0.29, 0.717) is 16.5 Å². The largest absolute Gasteiger partial charge is 0.508 e. The summed E-state index contributed by atoms with van der Waals surface area (Å²) in [5.74, 6) is 0.182. The number of rotatable bonds is 5. The zero-order valence-electron chi connectivity index (χ0n) is 13.2. The van der Waals surface area contributed by atoms with Gasteiger partial charge in [0.2, 0.25) is 5.13 Å². The fraction of sp³-hybridized carbons (Fsp3) is 0.0588. The van der Waals surface area contributed by atoms with Crippen molar-refractivity contribution in [1.29, 1.82) is 0 Å². The van der Waals surface area contributed by atoms with E-state index in [-0.39, 0.29) is 11.4 Å². The highest BCUT2D eigenvalue weighted by Gasteiger charge is 2.08. The van der Waals surface area contributed by atoms with E-state index in [0.717, 1.165) is 11.1 Å². The van der Waals surface area contributed by atoms with Gasteiger partial charge in [-0.05, 0) is 31.2 Å². The number of hydrogen-bond acceptors (Lipinski definition) is 7. The molecule has 1 aromatic heterocycles. The van der Waals surface area contributed by atoms with Crippen molar-refractivity contribution in [3.05, 3.63) is 69.6 Å². The van der Waals surface area contributed by atoms with Crippen LogP contribution >= 0.6 is 11.3 Å². The van der Waals surface area contributed by atoms with Crippen LogP contribution < -0.4 is 5.43 Å². The van der Waals surface area contributed by atoms with E-state index < -0.39 is 4.92 Å². The average molecular weight is 354 g/mol. The molecule has 0 bridgehead atoms. The van der Waals surface area contributed by atoms with Gasteiger partial charge < -0.3 is 5.11 Å². The number of aromatic nitrogens is 1. The van der Waals surface area contributed by atoms with Crippen LogP contribution in [0.25, 0.3) is 11.3 Å². The fourth-order valence-electron chi connectivity index (χ4n) is 2.14. The van der Waals surface area contributed by atoms with E-state index in [1.165, 1.54) is 23.5 Å². The number of aromatic hydroxyl groups is 1. The van der Waals surface area contributed by atoms with Crippen LogP contribution in [0.2, 0.25) is 0 Å². The Balaban J connectivity index is 1.73. The number of phenols is 1. The summed E-state index contributed by atoms with van der Waals surface area (Å²) in [4.78, 5) is 14.7. The van der Waals surface area contributed by atoms with Gasteiger partial charge in [-0.1, -0.05) is 12.1 Å². The molecule has 0 fully saturated rings. The average Bonchev–Trinajstić information content (AvgIpc) is 3.08. The first-order chi connectivity index (χ1) is 12.0. The molecule has 0 atom stereocenters. The lowest BCUT2D eigenvalue weighted by molar-refractivity contribution is -0.384.